The SMILES string of the molecule is COC(=O)N1CCC[C@H](C(=O)Oc2c(C)nn(C)c2C)C1. The van der Waals surface area contributed by atoms with Gasteiger partial charge in [-0.1, -0.05) is 0 Å². The number of nitrogens with zero attached hydrogens (tertiary/aromatic N) is 3. The van der Waals surface area contributed by atoms with E-state index in [1.165, 1.54) is 7.11 Å². The molecule has 1 aromatic rings. The first kappa shape index (κ1) is 15.3. The van der Waals surface area contributed by atoms with Crippen LogP contribution in [0.2, 0.25) is 0 Å². The number of hydrogen-bond acceptors (Lipinski definition) is 5. The normalized spacial score (nSPS) is 18.5. The Morgan fingerprint density at radius 1 is 1.33 bits per heavy atom. The van der Waals surface area contributed by atoms with Gasteiger partial charge in [0.05, 0.1) is 18.7 Å². The molecule has 1 fully saturated rings. The molecule has 21 heavy (non-hydrogen) atoms. The monoisotopic (exact) mass is 295 g/mol. The van der Waals surface area contributed by atoms with Crippen LogP contribution < -0.4 is 4.74 Å². The molecule has 1 atom stereocenters. The van der Waals surface area contributed by atoms with E-state index < -0.39 is 6.09 Å². The molecule has 0 N–H and O–H groups in total. The highest BCUT2D eigenvalue weighted by Crippen LogP contribution is 2.25. The van der Waals surface area contributed by atoms with Crippen molar-refractivity contribution < 1.29 is 19.1 Å². The Morgan fingerprint density at radius 2 is 2.05 bits per heavy atom. The van der Waals surface area contributed by atoms with Crippen LogP contribution in [0.1, 0.15) is 24.2 Å². The van der Waals surface area contributed by atoms with Gasteiger partial charge in [0, 0.05) is 20.1 Å². The summed E-state index contributed by atoms with van der Waals surface area (Å²) >= 11 is 0. The summed E-state index contributed by atoms with van der Waals surface area (Å²) in [5.74, 6) is -0.127. The van der Waals surface area contributed by atoms with E-state index in [2.05, 4.69) is 5.10 Å². The molecule has 7 nitrogen and oxygen atoms in total. The van der Waals surface area contributed by atoms with Crippen molar-refractivity contribution in [2.24, 2.45) is 13.0 Å². The molecule has 0 bridgehead atoms. The highest BCUT2D eigenvalue weighted by molar-refractivity contribution is 5.77. The molecule has 0 unspecified atom stereocenters. The van der Waals surface area contributed by atoms with Crippen molar-refractivity contribution in [2.45, 2.75) is 26.7 Å². The number of hydrogen-bond donors (Lipinski definition) is 0. The summed E-state index contributed by atoms with van der Waals surface area (Å²) in [6.07, 6.45) is 1.08. The fourth-order valence-electron chi connectivity index (χ4n) is 2.55. The molecular formula is C14H21N3O4. The molecule has 0 saturated carbocycles. The Bertz CT molecular complexity index is 553. The zero-order chi connectivity index (χ0) is 15.6. The maximum Gasteiger partial charge on any atom is 0.409 e. The van der Waals surface area contributed by atoms with E-state index in [0.717, 1.165) is 12.1 Å². The van der Waals surface area contributed by atoms with Crippen LogP contribution in [0.5, 0.6) is 5.75 Å². The largest absolute Gasteiger partial charge is 0.453 e. The Kier molecular flexibility index (Phi) is 4.50. The van der Waals surface area contributed by atoms with Gasteiger partial charge in [-0.2, -0.15) is 5.10 Å². The summed E-state index contributed by atoms with van der Waals surface area (Å²) in [5.41, 5.74) is 1.49. The van der Waals surface area contributed by atoms with Crippen molar-refractivity contribution >= 4 is 12.1 Å². The molecule has 7 heteroatoms. The fourth-order valence-corrected chi connectivity index (χ4v) is 2.55. The van der Waals surface area contributed by atoms with Crippen molar-refractivity contribution in [3.05, 3.63) is 11.4 Å². The number of esters is 1. The third-order valence-electron chi connectivity index (χ3n) is 3.83. The van der Waals surface area contributed by atoms with E-state index in [4.69, 9.17) is 9.47 Å². The molecule has 0 radical (unpaired) electrons. The summed E-state index contributed by atoms with van der Waals surface area (Å²) in [6, 6.07) is 0. The number of piperidine rings is 1. The summed E-state index contributed by atoms with van der Waals surface area (Å²) in [7, 11) is 3.14. The minimum Gasteiger partial charge on any atom is -0.453 e. The van der Waals surface area contributed by atoms with Crippen LogP contribution in [-0.2, 0) is 16.6 Å². The van der Waals surface area contributed by atoms with Gasteiger partial charge < -0.3 is 14.4 Å². The Morgan fingerprint density at radius 3 is 2.62 bits per heavy atom. The molecule has 0 spiro atoms. The van der Waals surface area contributed by atoms with Crippen molar-refractivity contribution in [3.8, 4) is 5.75 Å². The first-order valence-electron chi connectivity index (χ1n) is 6.98. The van der Waals surface area contributed by atoms with Gasteiger partial charge in [-0.3, -0.25) is 9.48 Å². The summed E-state index contributed by atoms with van der Waals surface area (Å²) in [4.78, 5) is 25.4. The van der Waals surface area contributed by atoms with Gasteiger partial charge in [0.15, 0.2) is 5.75 Å². The Labute approximate surface area is 123 Å². The molecule has 2 heterocycles. The van der Waals surface area contributed by atoms with Gasteiger partial charge in [0.25, 0.3) is 0 Å². The lowest BCUT2D eigenvalue weighted by Crippen LogP contribution is -2.43. The third kappa shape index (κ3) is 3.17. The Hall–Kier alpha value is -2.05. The second kappa shape index (κ2) is 6.15. The predicted molar refractivity (Wildman–Crippen MR) is 75.0 cm³/mol. The molecule has 1 amide bonds. The number of likely N-dealkylation sites (tertiary alicyclic amines) is 1. The highest BCUT2D eigenvalue weighted by atomic mass is 16.5. The molecule has 1 aliphatic rings. The predicted octanol–water partition coefficient (Wildman–Crippen LogP) is 1.42. The number of aryl methyl sites for hydroxylation is 2. The van der Waals surface area contributed by atoms with Crippen LogP contribution in [0, 0.1) is 19.8 Å². The lowest BCUT2D eigenvalue weighted by atomic mass is 9.98. The van der Waals surface area contributed by atoms with E-state index in [1.807, 2.05) is 6.92 Å². The highest BCUT2D eigenvalue weighted by Gasteiger charge is 2.31. The molecule has 0 aromatic carbocycles. The molecule has 2 rings (SSSR count). The van der Waals surface area contributed by atoms with Crippen LogP contribution in [0.4, 0.5) is 4.79 Å². The maximum atomic E-state index is 12.3. The average Bonchev–Trinajstić information content (AvgIpc) is 2.73. The summed E-state index contributed by atoms with van der Waals surface area (Å²) in [6.45, 7) is 4.60. The smallest absolute Gasteiger partial charge is 0.409 e. The van der Waals surface area contributed by atoms with Crippen LogP contribution >= 0.6 is 0 Å². The third-order valence-corrected chi connectivity index (χ3v) is 3.83. The van der Waals surface area contributed by atoms with E-state index in [-0.39, 0.29) is 11.9 Å². The van der Waals surface area contributed by atoms with Crippen molar-refractivity contribution in [1.29, 1.82) is 0 Å². The minimum atomic E-state index is -0.402. The van der Waals surface area contributed by atoms with Gasteiger partial charge in [-0.05, 0) is 26.7 Å². The number of aromatic nitrogens is 2. The van der Waals surface area contributed by atoms with E-state index >= 15 is 0 Å². The van der Waals surface area contributed by atoms with Crippen LogP contribution in [0.15, 0.2) is 0 Å². The number of rotatable bonds is 2. The van der Waals surface area contributed by atoms with Gasteiger partial charge in [-0.15, -0.1) is 0 Å². The van der Waals surface area contributed by atoms with Gasteiger partial charge >= 0.3 is 12.1 Å². The quantitative estimate of drug-likeness (QED) is 0.771. The van der Waals surface area contributed by atoms with Crippen LogP contribution in [0.3, 0.4) is 0 Å². The number of carbonyl (C=O) groups excluding carboxylic acids is 2. The summed E-state index contributed by atoms with van der Waals surface area (Å²) < 4.78 is 11.9. The topological polar surface area (TPSA) is 73.7 Å². The molecule has 116 valence electrons. The second-order valence-corrected chi connectivity index (χ2v) is 5.30. The molecular weight excluding hydrogens is 274 g/mol. The molecule has 1 aliphatic heterocycles. The van der Waals surface area contributed by atoms with Gasteiger partial charge in [0.1, 0.15) is 5.69 Å². The fraction of sp³-hybridized carbons (Fsp3) is 0.643. The van der Waals surface area contributed by atoms with Gasteiger partial charge in [0.2, 0.25) is 0 Å². The lowest BCUT2D eigenvalue weighted by Gasteiger charge is -2.30. The van der Waals surface area contributed by atoms with Crippen molar-refractivity contribution in [3.63, 3.8) is 0 Å². The number of carbonyl (C=O) groups is 2. The average molecular weight is 295 g/mol. The van der Waals surface area contributed by atoms with E-state index in [9.17, 15) is 9.59 Å². The van der Waals surface area contributed by atoms with Gasteiger partial charge in [-0.25, -0.2) is 4.79 Å². The second-order valence-electron chi connectivity index (χ2n) is 5.30. The zero-order valence-electron chi connectivity index (χ0n) is 12.9. The molecule has 1 saturated heterocycles. The lowest BCUT2D eigenvalue weighted by molar-refractivity contribution is -0.140. The van der Waals surface area contributed by atoms with Crippen LogP contribution in [-0.4, -0.2) is 46.9 Å². The number of amides is 1. The standard InChI is InChI=1S/C14H21N3O4/c1-9-12(10(2)16(3)15-9)21-13(18)11-6-5-7-17(8-11)14(19)20-4/h11H,5-8H2,1-4H3/t11-/m0/s1. The molecule has 0 aliphatic carbocycles. The minimum absolute atomic E-state index is 0.317. The number of methoxy groups -OCH3 is 1. The maximum absolute atomic E-state index is 12.3. The zero-order valence-corrected chi connectivity index (χ0v) is 12.9. The Balaban J connectivity index is 2.04. The van der Waals surface area contributed by atoms with Crippen LogP contribution in [0.25, 0.3) is 0 Å². The molecule has 1 aromatic heterocycles. The van der Waals surface area contributed by atoms with E-state index in [1.54, 1.807) is 23.6 Å². The first-order valence-corrected chi connectivity index (χ1v) is 6.98. The number of ether oxygens (including phenoxy) is 2. The van der Waals surface area contributed by atoms with Crippen molar-refractivity contribution in [2.75, 3.05) is 20.2 Å². The summed E-state index contributed by atoms with van der Waals surface area (Å²) in [5, 5.41) is 4.22. The first-order chi connectivity index (χ1) is 9.93. The van der Waals surface area contributed by atoms with E-state index in [0.29, 0.717) is 31.0 Å². The van der Waals surface area contributed by atoms with Crippen molar-refractivity contribution in [1.82, 2.24) is 14.7 Å².